The number of hydrogen-bond donors (Lipinski definition) is 1. The molecular weight excluding hydrogens is 392 g/mol. The minimum atomic E-state index is -0.0625. The van der Waals surface area contributed by atoms with Crippen LogP contribution in [0.2, 0.25) is 5.02 Å². The predicted octanol–water partition coefficient (Wildman–Crippen LogP) is 5.03. The van der Waals surface area contributed by atoms with Gasteiger partial charge in [0.15, 0.2) is 0 Å². The SMILES string of the molecule is CCCCNC(=O)c1sc(-n2nc(C)c(Cc3ccccc3Cl)c2C)nc1C. The van der Waals surface area contributed by atoms with Gasteiger partial charge < -0.3 is 5.32 Å². The number of halogens is 1. The molecule has 0 saturated carbocycles. The monoisotopic (exact) mass is 416 g/mol. The van der Waals surface area contributed by atoms with E-state index in [0.29, 0.717) is 23.0 Å². The van der Waals surface area contributed by atoms with Gasteiger partial charge >= 0.3 is 0 Å². The average Bonchev–Trinajstić information content (AvgIpc) is 3.18. The van der Waals surface area contributed by atoms with E-state index >= 15 is 0 Å². The smallest absolute Gasteiger partial charge is 0.263 e. The fraction of sp³-hybridized carbons (Fsp3) is 0.381. The Labute approximate surface area is 174 Å². The molecule has 0 aliphatic carbocycles. The maximum absolute atomic E-state index is 12.4. The Morgan fingerprint density at radius 2 is 1.96 bits per heavy atom. The van der Waals surface area contributed by atoms with Crippen molar-refractivity contribution in [2.45, 2.75) is 47.0 Å². The average molecular weight is 417 g/mol. The quantitative estimate of drug-likeness (QED) is 0.549. The topological polar surface area (TPSA) is 59.8 Å². The molecule has 0 aliphatic rings. The highest BCUT2D eigenvalue weighted by molar-refractivity contribution is 7.16. The summed E-state index contributed by atoms with van der Waals surface area (Å²) in [6, 6.07) is 7.86. The molecule has 2 heterocycles. The van der Waals surface area contributed by atoms with Crippen LogP contribution < -0.4 is 5.32 Å². The van der Waals surface area contributed by atoms with Gasteiger partial charge in [-0.2, -0.15) is 5.10 Å². The summed E-state index contributed by atoms with van der Waals surface area (Å²) in [5.41, 5.74) is 4.90. The summed E-state index contributed by atoms with van der Waals surface area (Å²) < 4.78 is 1.84. The number of nitrogens with one attached hydrogen (secondary N) is 1. The molecule has 0 spiro atoms. The second kappa shape index (κ2) is 8.88. The Morgan fingerprint density at radius 3 is 2.68 bits per heavy atom. The number of aryl methyl sites for hydroxylation is 2. The molecule has 0 bridgehead atoms. The molecule has 1 N–H and O–H groups in total. The van der Waals surface area contributed by atoms with Gasteiger partial charge in [0.05, 0.1) is 11.4 Å². The van der Waals surface area contributed by atoms with Crippen molar-refractivity contribution >= 4 is 28.8 Å². The minimum Gasteiger partial charge on any atom is -0.351 e. The van der Waals surface area contributed by atoms with Crippen LogP contribution in [-0.4, -0.2) is 27.2 Å². The van der Waals surface area contributed by atoms with E-state index in [1.165, 1.54) is 11.3 Å². The zero-order valence-corrected chi connectivity index (χ0v) is 18.2. The summed E-state index contributed by atoms with van der Waals surface area (Å²) in [6.45, 7) is 8.68. The van der Waals surface area contributed by atoms with E-state index in [9.17, 15) is 4.79 Å². The molecular formula is C21H25ClN4OS. The summed E-state index contributed by atoms with van der Waals surface area (Å²) in [5, 5.41) is 9.11. The first kappa shape index (κ1) is 20.6. The van der Waals surface area contributed by atoms with Crippen LogP contribution in [0.3, 0.4) is 0 Å². The Bertz CT molecular complexity index is 992. The van der Waals surface area contributed by atoms with E-state index in [1.54, 1.807) is 0 Å². The maximum atomic E-state index is 12.4. The first-order chi connectivity index (χ1) is 13.4. The molecule has 1 aromatic carbocycles. The normalized spacial score (nSPS) is 11.0. The number of nitrogens with zero attached hydrogens (tertiary/aromatic N) is 3. The van der Waals surface area contributed by atoms with Gasteiger partial charge in [-0.25, -0.2) is 9.67 Å². The summed E-state index contributed by atoms with van der Waals surface area (Å²) in [4.78, 5) is 17.7. The predicted molar refractivity (Wildman–Crippen MR) is 115 cm³/mol. The van der Waals surface area contributed by atoms with Gasteiger partial charge in [0.25, 0.3) is 5.91 Å². The number of hydrogen-bond acceptors (Lipinski definition) is 4. The molecule has 3 aromatic rings. The summed E-state index contributed by atoms with van der Waals surface area (Å²) in [7, 11) is 0. The van der Waals surface area contributed by atoms with Crippen LogP contribution in [0.4, 0.5) is 0 Å². The molecule has 1 amide bonds. The molecule has 0 atom stereocenters. The van der Waals surface area contributed by atoms with Crippen molar-refractivity contribution in [3.63, 3.8) is 0 Å². The van der Waals surface area contributed by atoms with Crippen molar-refractivity contribution in [1.29, 1.82) is 0 Å². The Balaban J connectivity index is 1.88. The van der Waals surface area contributed by atoms with Gasteiger partial charge in [0, 0.05) is 29.2 Å². The number of carbonyl (C=O) groups excluding carboxylic acids is 1. The highest BCUT2D eigenvalue weighted by Crippen LogP contribution is 2.27. The third-order valence-corrected chi connectivity index (χ3v) is 6.26. The summed E-state index contributed by atoms with van der Waals surface area (Å²) in [5.74, 6) is -0.0625. The van der Waals surface area contributed by atoms with Crippen LogP contribution in [0, 0.1) is 20.8 Å². The van der Waals surface area contributed by atoms with E-state index in [-0.39, 0.29) is 5.91 Å². The first-order valence-electron chi connectivity index (χ1n) is 9.46. The van der Waals surface area contributed by atoms with Gasteiger partial charge in [0.1, 0.15) is 4.88 Å². The standard InChI is InChI=1S/C21H25ClN4OS/c1-5-6-11-23-20(27)19-14(3)24-21(28-19)26-15(4)17(13(2)25-26)12-16-9-7-8-10-18(16)22/h7-10H,5-6,11-12H2,1-4H3,(H,23,27). The van der Waals surface area contributed by atoms with Crippen molar-refractivity contribution in [1.82, 2.24) is 20.1 Å². The lowest BCUT2D eigenvalue weighted by Gasteiger charge is -2.05. The number of thiazole rings is 1. The molecule has 148 valence electrons. The number of amides is 1. The van der Waals surface area contributed by atoms with Crippen molar-refractivity contribution in [2.75, 3.05) is 6.54 Å². The van der Waals surface area contributed by atoms with Crippen molar-refractivity contribution < 1.29 is 4.79 Å². The van der Waals surface area contributed by atoms with Crippen LogP contribution in [0.25, 0.3) is 5.13 Å². The Morgan fingerprint density at radius 1 is 1.21 bits per heavy atom. The van der Waals surface area contributed by atoms with Gasteiger partial charge in [-0.3, -0.25) is 4.79 Å². The van der Waals surface area contributed by atoms with Gasteiger partial charge in [0.2, 0.25) is 5.13 Å². The molecule has 0 radical (unpaired) electrons. The van der Waals surface area contributed by atoms with Gasteiger partial charge in [-0.15, -0.1) is 0 Å². The molecule has 0 unspecified atom stereocenters. The number of unbranched alkanes of at least 4 members (excludes halogenated alkanes) is 1. The van der Waals surface area contributed by atoms with Crippen molar-refractivity contribution in [3.05, 3.63) is 62.4 Å². The fourth-order valence-electron chi connectivity index (χ4n) is 3.09. The van der Waals surface area contributed by atoms with E-state index in [0.717, 1.165) is 46.1 Å². The number of benzene rings is 1. The number of aromatic nitrogens is 3. The lowest BCUT2D eigenvalue weighted by Crippen LogP contribution is -2.24. The van der Waals surface area contributed by atoms with Gasteiger partial charge in [-0.1, -0.05) is 54.5 Å². The lowest BCUT2D eigenvalue weighted by atomic mass is 10.0. The first-order valence-corrected chi connectivity index (χ1v) is 10.7. The van der Waals surface area contributed by atoms with Gasteiger partial charge in [-0.05, 0) is 38.8 Å². The summed E-state index contributed by atoms with van der Waals surface area (Å²) in [6.07, 6.45) is 2.73. The molecule has 2 aromatic heterocycles. The zero-order chi connectivity index (χ0) is 20.3. The Hall–Kier alpha value is -2.18. The van der Waals surface area contributed by atoms with Crippen molar-refractivity contribution in [2.24, 2.45) is 0 Å². The number of rotatable bonds is 7. The fourth-order valence-corrected chi connectivity index (χ4v) is 4.28. The largest absolute Gasteiger partial charge is 0.351 e. The third kappa shape index (κ3) is 4.28. The maximum Gasteiger partial charge on any atom is 0.263 e. The molecule has 7 heteroatoms. The van der Waals surface area contributed by atoms with Crippen molar-refractivity contribution in [3.8, 4) is 5.13 Å². The van der Waals surface area contributed by atoms with Crippen LogP contribution in [0.1, 0.15) is 57.6 Å². The van der Waals surface area contributed by atoms with E-state index in [2.05, 4.69) is 22.3 Å². The molecule has 0 saturated heterocycles. The minimum absolute atomic E-state index is 0.0625. The van der Waals surface area contributed by atoms with Crippen LogP contribution >= 0.6 is 22.9 Å². The highest BCUT2D eigenvalue weighted by atomic mass is 35.5. The lowest BCUT2D eigenvalue weighted by molar-refractivity contribution is 0.0956. The second-order valence-corrected chi connectivity index (χ2v) is 8.23. The number of carbonyl (C=O) groups is 1. The Kier molecular flexibility index (Phi) is 6.52. The van der Waals surface area contributed by atoms with E-state index in [4.69, 9.17) is 11.6 Å². The third-order valence-electron chi connectivity index (χ3n) is 4.75. The summed E-state index contributed by atoms with van der Waals surface area (Å²) >= 11 is 7.71. The molecule has 3 rings (SSSR count). The highest BCUT2D eigenvalue weighted by Gasteiger charge is 2.20. The molecule has 28 heavy (non-hydrogen) atoms. The zero-order valence-electron chi connectivity index (χ0n) is 16.7. The molecule has 0 fully saturated rings. The molecule has 0 aliphatic heterocycles. The van der Waals surface area contributed by atoms with Crippen LogP contribution in [0.5, 0.6) is 0 Å². The van der Waals surface area contributed by atoms with E-state index in [1.807, 2.05) is 49.7 Å². The van der Waals surface area contributed by atoms with Crippen LogP contribution in [0.15, 0.2) is 24.3 Å². The molecule has 5 nitrogen and oxygen atoms in total. The van der Waals surface area contributed by atoms with E-state index < -0.39 is 0 Å². The second-order valence-electron chi connectivity index (χ2n) is 6.85. The van der Waals surface area contributed by atoms with Crippen LogP contribution in [-0.2, 0) is 6.42 Å².